The van der Waals surface area contributed by atoms with Crippen molar-refractivity contribution in [3.8, 4) is 0 Å². The van der Waals surface area contributed by atoms with Crippen LogP contribution in [0.25, 0.3) is 0 Å². The van der Waals surface area contributed by atoms with E-state index in [2.05, 4.69) is 55.1 Å². The van der Waals surface area contributed by atoms with E-state index in [-0.39, 0.29) is 0 Å². The summed E-state index contributed by atoms with van der Waals surface area (Å²) in [4.78, 5) is 9.72. The van der Waals surface area contributed by atoms with Gasteiger partial charge in [0.25, 0.3) is 0 Å². The highest BCUT2D eigenvalue weighted by Gasteiger charge is 2.22. The SMILES string of the molecule is CNCc1cc(C(C)C)nc(N2CCN(C)C(C)C2)c1. The van der Waals surface area contributed by atoms with Crippen molar-refractivity contribution >= 4 is 5.82 Å². The van der Waals surface area contributed by atoms with E-state index in [0.717, 1.165) is 32.0 Å². The summed E-state index contributed by atoms with van der Waals surface area (Å²) in [5.41, 5.74) is 2.52. The summed E-state index contributed by atoms with van der Waals surface area (Å²) in [6, 6.07) is 5.05. The third kappa shape index (κ3) is 3.49. The Morgan fingerprint density at radius 3 is 2.70 bits per heavy atom. The Kier molecular flexibility index (Phi) is 5.00. The van der Waals surface area contributed by atoms with E-state index in [1.807, 2.05) is 7.05 Å². The van der Waals surface area contributed by atoms with Gasteiger partial charge in [-0.25, -0.2) is 4.98 Å². The Hall–Kier alpha value is -1.13. The lowest BCUT2D eigenvalue weighted by Gasteiger charge is -2.38. The second-order valence-corrected chi connectivity index (χ2v) is 6.22. The third-order valence-corrected chi connectivity index (χ3v) is 4.15. The molecule has 4 nitrogen and oxygen atoms in total. The van der Waals surface area contributed by atoms with E-state index in [0.29, 0.717) is 12.0 Å². The van der Waals surface area contributed by atoms with Crippen LogP contribution in [0.3, 0.4) is 0 Å². The second-order valence-electron chi connectivity index (χ2n) is 6.22. The second kappa shape index (κ2) is 6.55. The number of piperazine rings is 1. The third-order valence-electron chi connectivity index (χ3n) is 4.15. The molecule has 112 valence electrons. The average molecular weight is 276 g/mol. The minimum absolute atomic E-state index is 0.468. The van der Waals surface area contributed by atoms with Crippen LogP contribution in [0.2, 0.25) is 0 Å². The van der Waals surface area contributed by atoms with Crippen molar-refractivity contribution in [2.24, 2.45) is 0 Å². The van der Waals surface area contributed by atoms with Gasteiger partial charge in [0.2, 0.25) is 0 Å². The van der Waals surface area contributed by atoms with Gasteiger partial charge in [-0.3, -0.25) is 0 Å². The zero-order valence-corrected chi connectivity index (χ0v) is 13.5. The molecular weight excluding hydrogens is 248 g/mol. The van der Waals surface area contributed by atoms with Crippen molar-refractivity contribution in [3.63, 3.8) is 0 Å². The first kappa shape index (κ1) is 15.3. The molecule has 4 heteroatoms. The number of aromatic nitrogens is 1. The van der Waals surface area contributed by atoms with Crippen molar-refractivity contribution in [3.05, 3.63) is 23.4 Å². The van der Waals surface area contributed by atoms with Crippen LogP contribution in [0.5, 0.6) is 0 Å². The number of rotatable bonds is 4. The van der Waals surface area contributed by atoms with E-state index in [9.17, 15) is 0 Å². The van der Waals surface area contributed by atoms with Gasteiger partial charge >= 0.3 is 0 Å². The van der Waals surface area contributed by atoms with Crippen molar-refractivity contribution in [2.45, 2.75) is 39.3 Å². The zero-order valence-electron chi connectivity index (χ0n) is 13.5. The lowest BCUT2D eigenvalue weighted by Crippen LogP contribution is -2.50. The molecule has 1 aliphatic heterocycles. The molecule has 1 aromatic rings. The molecule has 0 bridgehead atoms. The average Bonchev–Trinajstić information content (AvgIpc) is 2.42. The van der Waals surface area contributed by atoms with Crippen molar-refractivity contribution < 1.29 is 0 Å². The molecule has 0 spiro atoms. The molecule has 1 aromatic heterocycles. The Balaban J connectivity index is 2.25. The van der Waals surface area contributed by atoms with Crippen LogP contribution in [-0.4, -0.2) is 49.7 Å². The van der Waals surface area contributed by atoms with Gasteiger partial charge in [-0.15, -0.1) is 0 Å². The fourth-order valence-corrected chi connectivity index (χ4v) is 2.61. The largest absolute Gasteiger partial charge is 0.354 e. The van der Waals surface area contributed by atoms with Crippen LogP contribution in [-0.2, 0) is 6.54 Å². The summed E-state index contributed by atoms with van der Waals surface area (Å²) in [7, 11) is 4.19. The highest BCUT2D eigenvalue weighted by molar-refractivity contribution is 5.44. The monoisotopic (exact) mass is 276 g/mol. The summed E-state index contributed by atoms with van der Waals surface area (Å²) in [5, 5.41) is 3.24. The maximum absolute atomic E-state index is 4.88. The van der Waals surface area contributed by atoms with E-state index >= 15 is 0 Å². The molecule has 0 aliphatic carbocycles. The van der Waals surface area contributed by atoms with E-state index in [1.165, 1.54) is 11.3 Å². The molecule has 1 unspecified atom stereocenters. The van der Waals surface area contributed by atoms with Gasteiger partial charge < -0.3 is 15.1 Å². The Morgan fingerprint density at radius 1 is 1.35 bits per heavy atom. The summed E-state index contributed by atoms with van der Waals surface area (Å²) >= 11 is 0. The summed E-state index contributed by atoms with van der Waals surface area (Å²) in [6.07, 6.45) is 0. The molecule has 1 aliphatic rings. The molecule has 1 N–H and O–H groups in total. The summed E-state index contributed by atoms with van der Waals surface area (Å²) in [6.45, 7) is 10.8. The Morgan fingerprint density at radius 2 is 2.10 bits per heavy atom. The van der Waals surface area contributed by atoms with Crippen LogP contribution >= 0.6 is 0 Å². The van der Waals surface area contributed by atoms with Gasteiger partial charge in [-0.05, 0) is 44.6 Å². The quantitative estimate of drug-likeness (QED) is 0.912. The Bertz CT molecular complexity index is 444. The number of hydrogen-bond donors (Lipinski definition) is 1. The molecule has 0 aromatic carbocycles. The maximum Gasteiger partial charge on any atom is 0.129 e. The number of hydrogen-bond acceptors (Lipinski definition) is 4. The number of likely N-dealkylation sites (N-methyl/N-ethyl adjacent to an activating group) is 1. The molecule has 1 saturated heterocycles. The topological polar surface area (TPSA) is 31.4 Å². The molecule has 0 saturated carbocycles. The maximum atomic E-state index is 4.88. The fourth-order valence-electron chi connectivity index (χ4n) is 2.61. The lowest BCUT2D eigenvalue weighted by molar-refractivity contribution is 0.233. The van der Waals surface area contributed by atoms with Gasteiger partial charge in [0.15, 0.2) is 0 Å². The smallest absolute Gasteiger partial charge is 0.129 e. The normalized spacial score (nSPS) is 20.7. The minimum Gasteiger partial charge on any atom is -0.354 e. The zero-order chi connectivity index (χ0) is 14.7. The van der Waals surface area contributed by atoms with Crippen molar-refractivity contribution in [1.82, 2.24) is 15.2 Å². The first-order valence-electron chi connectivity index (χ1n) is 7.62. The first-order chi connectivity index (χ1) is 9.51. The summed E-state index contributed by atoms with van der Waals surface area (Å²) < 4.78 is 0. The number of anilines is 1. The van der Waals surface area contributed by atoms with Crippen LogP contribution < -0.4 is 10.2 Å². The van der Waals surface area contributed by atoms with Crippen LogP contribution in [0, 0.1) is 0 Å². The van der Waals surface area contributed by atoms with Gasteiger partial charge in [0.05, 0.1) is 0 Å². The number of pyridine rings is 1. The summed E-state index contributed by atoms with van der Waals surface area (Å²) in [5.74, 6) is 1.61. The van der Waals surface area contributed by atoms with Gasteiger partial charge in [-0.2, -0.15) is 0 Å². The molecule has 0 amide bonds. The number of nitrogens with zero attached hydrogens (tertiary/aromatic N) is 3. The van der Waals surface area contributed by atoms with E-state index in [4.69, 9.17) is 4.98 Å². The van der Waals surface area contributed by atoms with Crippen LogP contribution in [0.15, 0.2) is 12.1 Å². The van der Waals surface area contributed by atoms with E-state index < -0.39 is 0 Å². The predicted octanol–water partition coefficient (Wildman–Crippen LogP) is 2.06. The number of nitrogens with one attached hydrogen (secondary N) is 1. The Labute approximate surface area is 123 Å². The highest BCUT2D eigenvalue weighted by atomic mass is 15.3. The molecular formula is C16H28N4. The van der Waals surface area contributed by atoms with Crippen LogP contribution in [0.1, 0.15) is 37.9 Å². The molecule has 2 heterocycles. The molecule has 1 fully saturated rings. The molecule has 1 atom stereocenters. The predicted molar refractivity (Wildman–Crippen MR) is 85.4 cm³/mol. The van der Waals surface area contributed by atoms with Crippen molar-refractivity contribution in [1.29, 1.82) is 0 Å². The van der Waals surface area contributed by atoms with Crippen molar-refractivity contribution in [2.75, 3.05) is 38.6 Å². The van der Waals surface area contributed by atoms with Gasteiger partial charge in [0.1, 0.15) is 5.82 Å². The molecule has 0 radical (unpaired) electrons. The van der Waals surface area contributed by atoms with E-state index in [1.54, 1.807) is 0 Å². The first-order valence-corrected chi connectivity index (χ1v) is 7.62. The lowest BCUT2D eigenvalue weighted by atomic mass is 10.1. The van der Waals surface area contributed by atoms with Gasteiger partial charge in [-0.1, -0.05) is 13.8 Å². The highest BCUT2D eigenvalue weighted by Crippen LogP contribution is 2.22. The molecule has 20 heavy (non-hydrogen) atoms. The minimum atomic E-state index is 0.468. The standard InChI is InChI=1S/C16H28N4/c1-12(2)15-8-14(10-17-4)9-16(18-15)20-7-6-19(5)13(3)11-20/h8-9,12-13,17H,6-7,10-11H2,1-5H3. The van der Waals surface area contributed by atoms with Crippen LogP contribution in [0.4, 0.5) is 5.82 Å². The fraction of sp³-hybridized carbons (Fsp3) is 0.688. The molecule has 2 rings (SSSR count). The van der Waals surface area contributed by atoms with Gasteiger partial charge in [0, 0.05) is 37.9 Å².